The Labute approximate surface area is 83.3 Å². The summed E-state index contributed by atoms with van der Waals surface area (Å²) in [4.78, 5) is 15.3. The molecule has 0 heterocycles. The molecule has 0 aromatic rings. The molecule has 84 valence electrons. The highest BCUT2D eigenvalue weighted by Crippen LogP contribution is 2.05. The van der Waals surface area contributed by atoms with E-state index in [1.165, 1.54) is 13.8 Å². The molecular weight excluding hydrogens is 210 g/mol. The van der Waals surface area contributed by atoms with Crippen LogP contribution in [0.15, 0.2) is 0 Å². The molecule has 0 saturated heterocycles. The molecule has 0 rings (SSSR count). The Kier molecular flexibility index (Phi) is 4.50. The lowest BCUT2D eigenvalue weighted by Gasteiger charge is -2.22. The smallest absolute Gasteiger partial charge is 0.324 e. The van der Waals surface area contributed by atoms with Gasteiger partial charge < -0.3 is 4.84 Å². The summed E-state index contributed by atoms with van der Waals surface area (Å²) < 4.78 is 29.6. The van der Waals surface area contributed by atoms with Gasteiger partial charge in [-0.15, -0.1) is 5.48 Å². The maximum Gasteiger partial charge on any atom is 0.324 e. The second-order valence-electron chi connectivity index (χ2n) is 3.54. The van der Waals surface area contributed by atoms with Crippen LogP contribution in [-0.2, 0) is 19.8 Å². The molecule has 0 fully saturated rings. The monoisotopic (exact) mass is 225 g/mol. The van der Waals surface area contributed by atoms with Gasteiger partial charge >= 0.3 is 5.97 Å². The normalized spacial score (nSPS) is 12.6. The number of carbonyl (C=O) groups is 1. The lowest BCUT2D eigenvalue weighted by atomic mass is 10.1. The van der Waals surface area contributed by atoms with Gasteiger partial charge in [-0.05, 0) is 13.8 Å². The van der Waals surface area contributed by atoms with Crippen molar-refractivity contribution < 1.29 is 22.6 Å². The van der Waals surface area contributed by atoms with Crippen LogP contribution < -0.4 is 5.48 Å². The maximum atomic E-state index is 10.7. The van der Waals surface area contributed by atoms with Gasteiger partial charge in [0.15, 0.2) is 0 Å². The first-order chi connectivity index (χ1) is 6.16. The molecular formula is C7H15NO5S. The SMILES string of the molecule is CCC(=O)ONC(C)(C)CS(=O)(=O)O. The first-order valence-corrected chi connectivity index (χ1v) is 5.69. The van der Waals surface area contributed by atoms with E-state index in [4.69, 9.17) is 4.55 Å². The Bertz CT molecular complexity index is 295. The van der Waals surface area contributed by atoms with Crippen LogP contribution in [0.2, 0.25) is 0 Å². The Morgan fingerprint density at radius 1 is 1.50 bits per heavy atom. The van der Waals surface area contributed by atoms with E-state index in [0.29, 0.717) is 0 Å². The molecule has 0 radical (unpaired) electrons. The lowest BCUT2D eigenvalue weighted by Crippen LogP contribution is -2.46. The number of carbonyl (C=O) groups excluding carboxylic acids is 1. The molecule has 0 amide bonds. The van der Waals surface area contributed by atoms with Crippen molar-refractivity contribution in [2.24, 2.45) is 0 Å². The third kappa shape index (κ3) is 6.81. The van der Waals surface area contributed by atoms with Gasteiger partial charge in [-0.1, -0.05) is 6.92 Å². The van der Waals surface area contributed by atoms with E-state index in [9.17, 15) is 13.2 Å². The Hall–Kier alpha value is -0.660. The number of hydrogen-bond acceptors (Lipinski definition) is 5. The number of hydrogen-bond donors (Lipinski definition) is 2. The molecule has 0 aliphatic carbocycles. The molecule has 6 nitrogen and oxygen atoms in total. The maximum absolute atomic E-state index is 10.7. The largest absolute Gasteiger partial charge is 0.370 e. The fraction of sp³-hybridized carbons (Fsp3) is 0.857. The molecule has 0 aliphatic rings. The summed E-state index contributed by atoms with van der Waals surface area (Å²) in [6.45, 7) is 4.59. The zero-order valence-electron chi connectivity index (χ0n) is 8.40. The van der Waals surface area contributed by atoms with E-state index in [1.54, 1.807) is 6.92 Å². The Morgan fingerprint density at radius 2 is 2.00 bits per heavy atom. The fourth-order valence-electron chi connectivity index (χ4n) is 0.753. The van der Waals surface area contributed by atoms with Crippen LogP contribution in [0.1, 0.15) is 27.2 Å². The van der Waals surface area contributed by atoms with Gasteiger partial charge in [-0.3, -0.25) is 9.35 Å². The fourth-order valence-corrected chi connectivity index (χ4v) is 1.72. The van der Waals surface area contributed by atoms with Gasteiger partial charge in [-0.2, -0.15) is 8.42 Å². The zero-order chi connectivity index (χ0) is 11.4. The van der Waals surface area contributed by atoms with Crippen molar-refractivity contribution >= 4 is 16.1 Å². The zero-order valence-corrected chi connectivity index (χ0v) is 9.22. The van der Waals surface area contributed by atoms with Crippen molar-refractivity contribution in [1.29, 1.82) is 0 Å². The molecule has 2 N–H and O–H groups in total. The highest BCUT2D eigenvalue weighted by atomic mass is 32.2. The molecule has 0 unspecified atom stereocenters. The van der Waals surface area contributed by atoms with Crippen molar-refractivity contribution in [3.63, 3.8) is 0 Å². The average molecular weight is 225 g/mol. The van der Waals surface area contributed by atoms with E-state index in [2.05, 4.69) is 10.3 Å². The van der Waals surface area contributed by atoms with Crippen LogP contribution in [0.5, 0.6) is 0 Å². The minimum Gasteiger partial charge on any atom is -0.370 e. The molecule has 14 heavy (non-hydrogen) atoms. The van der Waals surface area contributed by atoms with Gasteiger partial charge in [0.25, 0.3) is 10.1 Å². The predicted molar refractivity (Wildman–Crippen MR) is 50.0 cm³/mol. The minimum atomic E-state index is -4.09. The molecule has 0 aromatic carbocycles. The van der Waals surface area contributed by atoms with E-state index >= 15 is 0 Å². The highest BCUT2D eigenvalue weighted by molar-refractivity contribution is 7.85. The van der Waals surface area contributed by atoms with Crippen molar-refractivity contribution in [2.75, 3.05) is 5.75 Å². The summed E-state index contributed by atoms with van der Waals surface area (Å²) in [7, 11) is -4.09. The van der Waals surface area contributed by atoms with Crippen molar-refractivity contribution in [3.8, 4) is 0 Å². The first-order valence-electron chi connectivity index (χ1n) is 4.08. The van der Waals surface area contributed by atoms with Gasteiger partial charge in [0.2, 0.25) is 0 Å². The van der Waals surface area contributed by atoms with Gasteiger partial charge in [0.1, 0.15) is 0 Å². The van der Waals surface area contributed by atoms with E-state index in [0.717, 1.165) is 0 Å². The summed E-state index contributed by atoms with van der Waals surface area (Å²) in [6, 6.07) is 0. The quantitative estimate of drug-likeness (QED) is 0.509. The number of nitrogens with one attached hydrogen (secondary N) is 1. The van der Waals surface area contributed by atoms with Crippen molar-refractivity contribution in [1.82, 2.24) is 5.48 Å². The molecule has 0 aromatic heterocycles. The van der Waals surface area contributed by atoms with Crippen LogP contribution in [0.25, 0.3) is 0 Å². The minimum absolute atomic E-state index is 0.189. The van der Waals surface area contributed by atoms with Crippen molar-refractivity contribution in [3.05, 3.63) is 0 Å². The van der Waals surface area contributed by atoms with Crippen LogP contribution in [0.4, 0.5) is 0 Å². The van der Waals surface area contributed by atoms with Gasteiger partial charge in [-0.25, -0.2) is 0 Å². The molecule has 7 heteroatoms. The molecule has 0 saturated carbocycles. The summed E-state index contributed by atoms with van der Waals surface area (Å²) in [5, 5.41) is 0. The Balaban J connectivity index is 4.15. The lowest BCUT2D eigenvalue weighted by molar-refractivity contribution is -0.154. The van der Waals surface area contributed by atoms with E-state index in [1.807, 2.05) is 0 Å². The van der Waals surface area contributed by atoms with Crippen LogP contribution >= 0.6 is 0 Å². The number of rotatable bonds is 5. The average Bonchev–Trinajstić information content (AvgIpc) is 1.96. The summed E-state index contributed by atoms with van der Waals surface area (Å²) >= 11 is 0. The van der Waals surface area contributed by atoms with E-state index in [-0.39, 0.29) is 6.42 Å². The summed E-state index contributed by atoms with van der Waals surface area (Å²) in [5.74, 6) is -1.02. The molecule has 0 spiro atoms. The number of hydroxylamine groups is 1. The second-order valence-corrected chi connectivity index (χ2v) is 4.99. The summed E-state index contributed by atoms with van der Waals surface area (Å²) in [5.41, 5.74) is 1.26. The van der Waals surface area contributed by atoms with Crippen LogP contribution in [0, 0.1) is 0 Å². The Morgan fingerprint density at radius 3 is 2.36 bits per heavy atom. The molecule has 0 atom stereocenters. The first kappa shape index (κ1) is 13.3. The van der Waals surface area contributed by atoms with Gasteiger partial charge in [0.05, 0.1) is 11.3 Å². The van der Waals surface area contributed by atoms with Crippen LogP contribution in [0.3, 0.4) is 0 Å². The topological polar surface area (TPSA) is 92.7 Å². The van der Waals surface area contributed by atoms with Crippen molar-refractivity contribution in [2.45, 2.75) is 32.7 Å². The highest BCUT2D eigenvalue weighted by Gasteiger charge is 2.26. The van der Waals surface area contributed by atoms with Gasteiger partial charge in [0, 0.05) is 6.42 Å². The summed E-state index contributed by atoms with van der Waals surface area (Å²) in [6.07, 6.45) is 0.189. The van der Waals surface area contributed by atoms with Crippen LogP contribution in [-0.4, -0.2) is 30.2 Å². The van der Waals surface area contributed by atoms with E-state index < -0.39 is 27.4 Å². The molecule has 0 aliphatic heterocycles. The third-order valence-corrected chi connectivity index (χ3v) is 2.36. The second kappa shape index (κ2) is 4.72. The molecule has 0 bridgehead atoms. The third-order valence-electron chi connectivity index (χ3n) is 1.27. The standard InChI is InChI=1S/C7H15NO5S/c1-4-6(9)13-8-7(2,3)5-14(10,11)12/h8H,4-5H2,1-3H3,(H,10,11,12). The predicted octanol–water partition coefficient (Wildman–Crippen LogP) is 0.111.